The second kappa shape index (κ2) is 5.38. The standard InChI is InChI=1S/C11H15NO4S2/c1-8-4-5-11(17-8)18(14,15)12-10(13)7-9-3-2-6-16-9/h4-5,9H,2-3,6-7H2,1H3,(H,12,13)/t9-/m1/s1. The van der Waals surface area contributed by atoms with Crippen LogP contribution >= 0.6 is 11.3 Å². The van der Waals surface area contributed by atoms with Gasteiger partial charge in [0.2, 0.25) is 5.91 Å². The van der Waals surface area contributed by atoms with Crippen LogP contribution in [-0.2, 0) is 19.6 Å². The first-order valence-electron chi connectivity index (χ1n) is 5.71. The number of carbonyl (C=O) groups excluding carboxylic acids is 1. The van der Waals surface area contributed by atoms with Gasteiger partial charge in [0.1, 0.15) is 4.21 Å². The summed E-state index contributed by atoms with van der Waals surface area (Å²) in [5.41, 5.74) is 0. The molecule has 0 bridgehead atoms. The molecule has 2 rings (SSSR count). The average Bonchev–Trinajstić information content (AvgIpc) is 2.88. The van der Waals surface area contributed by atoms with Gasteiger partial charge in [-0.3, -0.25) is 4.79 Å². The number of ether oxygens (including phenoxy) is 1. The lowest BCUT2D eigenvalue weighted by Crippen LogP contribution is -2.32. The van der Waals surface area contributed by atoms with E-state index in [1.165, 1.54) is 6.07 Å². The number of sulfonamides is 1. The molecule has 1 fully saturated rings. The Bertz CT molecular complexity index is 529. The van der Waals surface area contributed by atoms with Crippen LogP contribution in [-0.4, -0.2) is 27.0 Å². The molecule has 0 unspecified atom stereocenters. The van der Waals surface area contributed by atoms with Gasteiger partial charge in [-0.2, -0.15) is 0 Å². The van der Waals surface area contributed by atoms with E-state index >= 15 is 0 Å². The molecule has 0 saturated carbocycles. The van der Waals surface area contributed by atoms with Gasteiger partial charge in [0.05, 0.1) is 12.5 Å². The summed E-state index contributed by atoms with van der Waals surface area (Å²) in [6.45, 7) is 2.46. The Balaban J connectivity index is 1.97. The van der Waals surface area contributed by atoms with Gasteiger partial charge in [-0.25, -0.2) is 13.1 Å². The van der Waals surface area contributed by atoms with Crippen molar-refractivity contribution in [3.05, 3.63) is 17.0 Å². The monoisotopic (exact) mass is 289 g/mol. The van der Waals surface area contributed by atoms with Gasteiger partial charge in [-0.15, -0.1) is 11.3 Å². The van der Waals surface area contributed by atoms with E-state index in [1.54, 1.807) is 6.07 Å². The summed E-state index contributed by atoms with van der Waals surface area (Å²) in [6, 6.07) is 3.21. The summed E-state index contributed by atoms with van der Waals surface area (Å²) in [4.78, 5) is 12.5. The highest BCUT2D eigenvalue weighted by atomic mass is 32.2. The van der Waals surface area contributed by atoms with Crippen LogP contribution in [0.5, 0.6) is 0 Å². The molecule has 0 aromatic carbocycles. The van der Waals surface area contributed by atoms with Crippen molar-refractivity contribution >= 4 is 27.3 Å². The van der Waals surface area contributed by atoms with Gasteiger partial charge in [0, 0.05) is 11.5 Å². The first-order valence-corrected chi connectivity index (χ1v) is 8.01. The van der Waals surface area contributed by atoms with Crippen molar-refractivity contribution in [1.82, 2.24) is 4.72 Å². The van der Waals surface area contributed by atoms with Crippen molar-refractivity contribution in [2.45, 2.75) is 36.5 Å². The third kappa shape index (κ3) is 3.30. The second-order valence-electron chi connectivity index (χ2n) is 4.23. The normalized spacial score (nSPS) is 19.9. The molecular weight excluding hydrogens is 274 g/mol. The number of amides is 1. The fraction of sp³-hybridized carbons (Fsp3) is 0.545. The van der Waals surface area contributed by atoms with Crippen molar-refractivity contribution < 1.29 is 17.9 Å². The highest BCUT2D eigenvalue weighted by Gasteiger charge is 2.23. The van der Waals surface area contributed by atoms with Crippen LogP contribution in [0.4, 0.5) is 0 Å². The third-order valence-corrected chi connectivity index (χ3v) is 5.53. The van der Waals surface area contributed by atoms with Crippen molar-refractivity contribution in [2.75, 3.05) is 6.61 Å². The van der Waals surface area contributed by atoms with Crippen LogP contribution in [0.2, 0.25) is 0 Å². The molecular formula is C11H15NO4S2. The van der Waals surface area contributed by atoms with Gasteiger partial charge in [0.15, 0.2) is 0 Å². The molecule has 0 radical (unpaired) electrons. The quantitative estimate of drug-likeness (QED) is 0.910. The second-order valence-corrected chi connectivity index (χ2v) is 7.43. The lowest BCUT2D eigenvalue weighted by Gasteiger charge is -2.09. The molecule has 1 atom stereocenters. The number of rotatable bonds is 4. The molecule has 1 saturated heterocycles. The summed E-state index contributed by atoms with van der Waals surface area (Å²) in [5, 5.41) is 0. The minimum Gasteiger partial charge on any atom is -0.378 e. The third-order valence-electron chi connectivity index (χ3n) is 2.67. The Hall–Kier alpha value is -0.920. The number of hydrogen-bond donors (Lipinski definition) is 1. The van der Waals surface area contributed by atoms with Crippen molar-refractivity contribution in [1.29, 1.82) is 0 Å². The lowest BCUT2D eigenvalue weighted by atomic mass is 10.2. The summed E-state index contributed by atoms with van der Waals surface area (Å²) < 4.78 is 31.3. The van der Waals surface area contributed by atoms with E-state index in [1.807, 2.05) is 6.92 Å². The topological polar surface area (TPSA) is 72.5 Å². The fourth-order valence-electron chi connectivity index (χ4n) is 1.81. The van der Waals surface area contributed by atoms with Gasteiger partial charge in [0.25, 0.3) is 10.0 Å². The molecule has 1 aromatic heterocycles. The van der Waals surface area contributed by atoms with E-state index in [-0.39, 0.29) is 16.7 Å². The van der Waals surface area contributed by atoms with E-state index in [0.717, 1.165) is 29.1 Å². The molecule has 0 spiro atoms. The zero-order valence-electron chi connectivity index (χ0n) is 10.0. The molecule has 2 heterocycles. The molecule has 1 aliphatic rings. The molecule has 1 amide bonds. The molecule has 1 aliphatic heterocycles. The van der Waals surface area contributed by atoms with Crippen LogP contribution in [0.3, 0.4) is 0 Å². The molecule has 5 nitrogen and oxygen atoms in total. The number of carbonyl (C=O) groups is 1. The van der Waals surface area contributed by atoms with Crippen molar-refractivity contribution in [3.8, 4) is 0 Å². The largest absolute Gasteiger partial charge is 0.378 e. The number of aryl methyl sites for hydroxylation is 1. The first kappa shape index (κ1) is 13.5. The maximum absolute atomic E-state index is 11.9. The summed E-state index contributed by atoms with van der Waals surface area (Å²) >= 11 is 1.15. The SMILES string of the molecule is Cc1ccc(S(=O)(=O)NC(=O)C[C@H]2CCCO2)s1. The van der Waals surface area contributed by atoms with E-state index < -0.39 is 15.9 Å². The van der Waals surface area contributed by atoms with Crippen molar-refractivity contribution in [3.63, 3.8) is 0 Å². The van der Waals surface area contributed by atoms with E-state index in [4.69, 9.17) is 4.74 Å². The Morgan fingerprint density at radius 2 is 2.33 bits per heavy atom. The van der Waals surface area contributed by atoms with E-state index in [2.05, 4.69) is 4.72 Å². The first-order chi connectivity index (χ1) is 8.47. The van der Waals surface area contributed by atoms with Crippen LogP contribution < -0.4 is 4.72 Å². The number of nitrogens with one attached hydrogen (secondary N) is 1. The maximum Gasteiger partial charge on any atom is 0.273 e. The predicted molar refractivity (Wildman–Crippen MR) is 68.0 cm³/mol. The Labute approximate surface area is 110 Å². The molecule has 0 aliphatic carbocycles. The highest BCUT2D eigenvalue weighted by Crippen LogP contribution is 2.21. The summed E-state index contributed by atoms with van der Waals surface area (Å²) in [5.74, 6) is -0.507. The Morgan fingerprint density at radius 3 is 2.89 bits per heavy atom. The smallest absolute Gasteiger partial charge is 0.273 e. The van der Waals surface area contributed by atoms with Gasteiger partial charge in [-0.05, 0) is 31.9 Å². The van der Waals surface area contributed by atoms with Crippen LogP contribution in [0.25, 0.3) is 0 Å². The summed E-state index contributed by atoms with van der Waals surface area (Å²) in [6.07, 6.45) is 1.69. The van der Waals surface area contributed by atoms with Gasteiger partial charge in [-0.1, -0.05) is 0 Å². The number of thiophene rings is 1. The van der Waals surface area contributed by atoms with Gasteiger partial charge < -0.3 is 4.74 Å². The zero-order chi connectivity index (χ0) is 13.2. The summed E-state index contributed by atoms with van der Waals surface area (Å²) in [7, 11) is -3.72. The number of hydrogen-bond acceptors (Lipinski definition) is 5. The van der Waals surface area contributed by atoms with Crippen LogP contribution in [0.15, 0.2) is 16.3 Å². The van der Waals surface area contributed by atoms with Crippen LogP contribution in [0, 0.1) is 6.92 Å². The molecule has 18 heavy (non-hydrogen) atoms. The minimum atomic E-state index is -3.72. The zero-order valence-corrected chi connectivity index (χ0v) is 11.6. The van der Waals surface area contributed by atoms with E-state index in [0.29, 0.717) is 6.61 Å². The van der Waals surface area contributed by atoms with E-state index in [9.17, 15) is 13.2 Å². The maximum atomic E-state index is 11.9. The fourth-order valence-corrected chi connectivity index (χ4v) is 4.09. The predicted octanol–water partition coefficient (Wildman–Crippen LogP) is 1.43. The van der Waals surface area contributed by atoms with Crippen molar-refractivity contribution in [2.24, 2.45) is 0 Å². The highest BCUT2D eigenvalue weighted by molar-refractivity contribution is 7.92. The molecule has 1 N–H and O–H groups in total. The molecule has 7 heteroatoms. The lowest BCUT2D eigenvalue weighted by molar-refractivity contribution is -0.121. The Kier molecular flexibility index (Phi) is 4.04. The Morgan fingerprint density at radius 1 is 1.56 bits per heavy atom. The average molecular weight is 289 g/mol. The minimum absolute atomic E-state index is 0.101. The molecule has 100 valence electrons. The molecule has 1 aromatic rings. The van der Waals surface area contributed by atoms with Gasteiger partial charge >= 0.3 is 0 Å². The van der Waals surface area contributed by atoms with Crippen LogP contribution in [0.1, 0.15) is 24.1 Å².